The number of fused-ring (bicyclic) bond motifs is 1. The van der Waals surface area contributed by atoms with E-state index in [9.17, 15) is 5.11 Å². The van der Waals surface area contributed by atoms with Gasteiger partial charge in [-0.1, -0.05) is 31.0 Å². The summed E-state index contributed by atoms with van der Waals surface area (Å²) in [6.45, 7) is 0. The largest absolute Gasteiger partial charge is 0.393 e. The minimum absolute atomic E-state index is 0.0687. The Morgan fingerprint density at radius 1 is 1.06 bits per heavy atom. The fraction of sp³-hybridized carbons (Fsp3) is 0.647. The van der Waals surface area contributed by atoms with Crippen molar-refractivity contribution in [3.8, 4) is 0 Å². The van der Waals surface area contributed by atoms with E-state index in [0.717, 1.165) is 12.8 Å². The molecule has 1 fully saturated rings. The van der Waals surface area contributed by atoms with E-state index in [0.29, 0.717) is 5.92 Å². The normalized spacial score (nSPS) is 21.2. The maximum atomic E-state index is 10.2. The van der Waals surface area contributed by atoms with Gasteiger partial charge in [0, 0.05) is 0 Å². The van der Waals surface area contributed by atoms with Crippen LogP contribution in [0.5, 0.6) is 0 Å². The van der Waals surface area contributed by atoms with E-state index < -0.39 is 0 Å². The Morgan fingerprint density at radius 2 is 1.83 bits per heavy atom. The number of aliphatic hydroxyl groups is 1. The van der Waals surface area contributed by atoms with Gasteiger partial charge in [0.25, 0.3) is 0 Å². The predicted octanol–water partition coefficient (Wildman–Crippen LogP) is 3.66. The zero-order valence-electron chi connectivity index (χ0n) is 11.2. The third kappa shape index (κ3) is 2.61. The van der Waals surface area contributed by atoms with Crippen LogP contribution in [0.15, 0.2) is 18.2 Å². The van der Waals surface area contributed by atoms with Gasteiger partial charge in [-0.3, -0.25) is 0 Å². The monoisotopic (exact) mass is 244 g/mol. The van der Waals surface area contributed by atoms with Crippen molar-refractivity contribution >= 4 is 0 Å². The highest BCUT2D eigenvalue weighted by Crippen LogP contribution is 2.30. The van der Waals surface area contributed by atoms with Crippen molar-refractivity contribution < 1.29 is 5.11 Å². The fourth-order valence-corrected chi connectivity index (χ4v) is 3.67. The summed E-state index contributed by atoms with van der Waals surface area (Å²) in [5.74, 6) is 0.583. The molecule has 0 bridgehead atoms. The van der Waals surface area contributed by atoms with Gasteiger partial charge in [0.05, 0.1) is 6.10 Å². The van der Waals surface area contributed by atoms with Crippen LogP contribution in [0, 0.1) is 5.92 Å². The van der Waals surface area contributed by atoms with Crippen LogP contribution in [0.1, 0.15) is 55.2 Å². The smallest absolute Gasteiger partial charge is 0.0571 e. The van der Waals surface area contributed by atoms with Crippen molar-refractivity contribution in [1.29, 1.82) is 0 Å². The molecular formula is C17H24O. The van der Waals surface area contributed by atoms with Gasteiger partial charge in [0.15, 0.2) is 0 Å². The van der Waals surface area contributed by atoms with Crippen LogP contribution in [-0.2, 0) is 19.3 Å². The molecule has 1 atom stereocenters. The third-order valence-electron chi connectivity index (χ3n) is 4.84. The minimum Gasteiger partial charge on any atom is -0.393 e. The maximum absolute atomic E-state index is 10.2. The predicted molar refractivity (Wildman–Crippen MR) is 74.8 cm³/mol. The van der Waals surface area contributed by atoms with E-state index in [1.54, 1.807) is 11.1 Å². The van der Waals surface area contributed by atoms with Gasteiger partial charge >= 0.3 is 0 Å². The first kappa shape index (κ1) is 12.2. The van der Waals surface area contributed by atoms with Crippen molar-refractivity contribution in [2.24, 2.45) is 5.92 Å². The molecule has 0 amide bonds. The SMILES string of the molecule is OC(CCc1ccc2c(c1)CCC2)C1CCCC1. The molecule has 1 saturated carbocycles. The second kappa shape index (κ2) is 5.44. The lowest BCUT2D eigenvalue weighted by Crippen LogP contribution is -2.18. The van der Waals surface area contributed by atoms with Crippen molar-refractivity contribution in [2.75, 3.05) is 0 Å². The topological polar surface area (TPSA) is 20.2 Å². The Kier molecular flexibility index (Phi) is 3.69. The molecule has 18 heavy (non-hydrogen) atoms. The zero-order chi connectivity index (χ0) is 12.4. The maximum Gasteiger partial charge on any atom is 0.0571 e. The molecule has 98 valence electrons. The molecular weight excluding hydrogens is 220 g/mol. The summed E-state index contributed by atoms with van der Waals surface area (Å²) in [5.41, 5.74) is 4.53. The highest BCUT2D eigenvalue weighted by Gasteiger charge is 2.22. The van der Waals surface area contributed by atoms with Crippen LogP contribution in [0.25, 0.3) is 0 Å². The van der Waals surface area contributed by atoms with Gasteiger partial charge < -0.3 is 5.11 Å². The lowest BCUT2D eigenvalue weighted by atomic mass is 9.94. The first-order chi connectivity index (χ1) is 8.83. The number of rotatable bonds is 4. The summed E-state index contributed by atoms with van der Waals surface area (Å²) in [7, 11) is 0. The Morgan fingerprint density at radius 3 is 2.67 bits per heavy atom. The molecule has 1 nitrogen and oxygen atoms in total. The van der Waals surface area contributed by atoms with Crippen molar-refractivity contribution in [2.45, 2.75) is 63.9 Å². The standard InChI is InChI=1S/C17H24O/c18-17(15-4-1-2-5-15)11-9-13-8-10-14-6-3-7-16(14)12-13/h8,10,12,15,17-18H,1-7,9,11H2. The third-order valence-corrected chi connectivity index (χ3v) is 4.84. The lowest BCUT2D eigenvalue weighted by molar-refractivity contribution is 0.102. The highest BCUT2D eigenvalue weighted by atomic mass is 16.3. The van der Waals surface area contributed by atoms with E-state index in [4.69, 9.17) is 0 Å². The number of aliphatic hydroxyl groups excluding tert-OH is 1. The molecule has 0 heterocycles. The molecule has 0 aromatic heterocycles. The first-order valence-electron chi connectivity index (χ1n) is 7.61. The molecule has 0 saturated heterocycles. The van der Waals surface area contributed by atoms with Gasteiger partial charge in [-0.2, -0.15) is 0 Å². The Balaban J connectivity index is 1.56. The molecule has 2 aliphatic carbocycles. The minimum atomic E-state index is -0.0687. The van der Waals surface area contributed by atoms with Crippen molar-refractivity contribution in [3.05, 3.63) is 34.9 Å². The highest BCUT2D eigenvalue weighted by molar-refractivity contribution is 5.35. The summed E-state index contributed by atoms with van der Waals surface area (Å²) >= 11 is 0. The summed E-state index contributed by atoms with van der Waals surface area (Å²) in [4.78, 5) is 0. The lowest BCUT2D eigenvalue weighted by Gasteiger charge is -2.17. The van der Waals surface area contributed by atoms with Gasteiger partial charge in [-0.15, -0.1) is 0 Å². The molecule has 1 unspecified atom stereocenters. The van der Waals surface area contributed by atoms with Crippen LogP contribution in [0.3, 0.4) is 0 Å². The number of benzene rings is 1. The van der Waals surface area contributed by atoms with E-state index >= 15 is 0 Å². The summed E-state index contributed by atoms with van der Waals surface area (Å²) in [6.07, 6.45) is 10.9. The average Bonchev–Trinajstić information content (AvgIpc) is 3.05. The van der Waals surface area contributed by atoms with Crippen molar-refractivity contribution in [1.82, 2.24) is 0 Å². The van der Waals surface area contributed by atoms with E-state index in [1.807, 2.05) is 0 Å². The van der Waals surface area contributed by atoms with Gasteiger partial charge in [-0.25, -0.2) is 0 Å². The van der Waals surface area contributed by atoms with Crippen LogP contribution >= 0.6 is 0 Å². The van der Waals surface area contributed by atoms with Crippen molar-refractivity contribution in [3.63, 3.8) is 0 Å². The Hall–Kier alpha value is -0.820. The fourth-order valence-electron chi connectivity index (χ4n) is 3.67. The molecule has 0 spiro atoms. The Bertz CT molecular complexity index is 404. The Labute approximate surface area is 110 Å². The molecule has 1 N–H and O–H groups in total. The van der Waals surface area contributed by atoms with Crippen LogP contribution < -0.4 is 0 Å². The molecule has 0 radical (unpaired) electrons. The number of aryl methyl sites for hydroxylation is 3. The van der Waals surface area contributed by atoms with Crippen LogP contribution in [0.2, 0.25) is 0 Å². The second-order valence-electron chi connectivity index (χ2n) is 6.11. The molecule has 2 aliphatic rings. The summed E-state index contributed by atoms with van der Waals surface area (Å²) in [5, 5.41) is 10.2. The van der Waals surface area contributed by atoms with Crippen LogP contribution in [0.4, 0.5) is 0 Å². The number of hydrogen-bond acceptors (Lipinski definition) is 1. The zero-order valence-corrected chi connectivity index (χ0v) is 11.2. The van der Waals surface area contributed by atoms with Gasteiger partial charge in [0.1, 0.15) is 0 Å². The summed E-state index contributed by atoms with van der Waals surface area (Å²) < 4.78 is 0. The molecule has 1 aromatic rings. The van der Waals surface area contributed by atoms with Gasteiger partial charge in [-0.05, 0) is 67.6 Å². The van der Waals surface area contributed by atoms with E-state index in [1.165, 1.54) is 50.5 Å². The molecule has 3 rings (SSSR count). The van der Waals surface area contributed by atoms with Crippen LogP contribution in [-0.4, -0.2) is 11.2 Å². The average molecular weight is 244 g/mol. The molecule has 0 aliphatic heterocycles. The quantitative estimate of drug-likeness (QED) is 0.857. The van der Waals surface area contributed by atoms with Gasteiger partial charge in [0.2, 0.25) is 0 Å². The summed E-state index contributed by atoms with van der Waals surface area (Å²) in [6, 6.07) is 6.95. The van der Waals surface area contributed by atoms with E-state index in [2.05, 4.69) is 18.2 Å². The first-order valence-corrected chi connectivity index (χ1v) is 7.61. The number of hydrogen-bond donors (Lipinski definition) is 1. The molecule has 1 aromatic carbocycles. The van der Waals surface area contributed by atoms with E-state index in [-0.39, 0.29) is 6.10 Å². The molecule has 1 heteroatoms. The second-order valence-corrected chi connectivity index (χ2v) is 6.11.